The molecule has 0 spiro atoms. The lowest BCUT2D eigenvalue weighted by atomic mass is 9.97. The van der Waals surface area contributed by atoms with Crippen LogP contribution in [0.5, 0.6) is 0 Å². The predicted molar refractivity (Wildman–Crippen MR) is 105 cm³/mol. The van der Waals surface area contributed by atoms with Gasteiger partial charge in [0.2, 0.25) is 0 Å². The fraction of sp³-hybridized carbons (Fsp3) is 0.938. The molecule has 5 nitrogen and oxygen atoms in total. The molecule has 0 aromatic carbocycles. The largest absolute Gasteiger partial charge is 0.383 e. The van der Waals surface area contributed by atoms with E-state index in [-0.39, 0.29) is 29.5 Å². The number of guanidine groups is 1. The molecule has 0 saturated carbocycles. The number of hydrogen-bond donors (Lipinski definition) is 2. The molecule has 0 atom stereocenters. The molecular formula is C16H35IN4O. The molecule has 1 saturated heterocycles. The van der Waals surface area contributed by atoms with Gasteiger partial charge in [0.25, 0.3) is 0 Å². The molecule has 0 aliphatic carbocycles. The van der Waals surface area contributed by atoms with Crippen molar-refractivity contribution in [1.29, 1.82) is 0 Å². The summed E-state index contributed by atoms with van der Waals surface area (Å²) in [5.74, 6) is 1.64. The van der Waals surface area contributed by atoms with Crippen LogP contribution in [0.25, 0.3) is 0 Å². The smallest absolute Gasteiger partial charge is 0.191 e. The number of ether oxygens (including phenoxy) is 1. The van der Waals surface area contributed by atoms with Crippen molar-refractivity contribution in [3.8, 4) is 0 Å². The van der Waals surface area contributed by atoms with E-state index in [1.54, 1.807) is 7.11 Å². The van der Waals surface area contributed by atoms with E-state index in [1.165, 1.54) is 25.9 Å². The number of likely N-dealkylation sites (tertiary alicyclic amines) is 1. The fourth-order valence-corrected chi connectivity index (χ4v) is 2.50. The Morgan fingerprint density at radius 1 is 1.27 bits per heavy atom. The minimum Gasteiger partial charge on any atom is -0.383 e. The van der Waals surface area contributed by atoms with E-state index < -0.39 is 0 Å². The molecule has 1 heterocycles. The zero-order chi connectivity index (χ0) is 15.7. The number of piperidine rings is 1. The summed E-state index contributed by atoms with van der Waals surface area (Å²) < 4.78 is 5.14. The van der Waals surface area contributed by atoms with Gasteiger partial charge in [-0.25, -0.2) is 0 Å². The minimum atomic E-state index is 0. The Kier molecular flexibility index (Phi) is 11.4. The molecule has 0 amide bonds. The van der Waals surface area contributed by atoms with Gasteiger partial charge >= 0.3 is 0 Å². The highest BCUT2D eigenvalue weighted by molar-refractivity contribution is 14.0. The Labute approximate surface area is 153 Å². The van der Waals surface area contributed by atoms with Crippen LogP contribution < -0.4 is 10.6 Å². The molecule has 0 unspecified atom stereocenters. The summed E-state index contributed by atoms with van der Waals surface area (Å²) in [6.45, 7) is 14.6. The fourth-order valence-electron chi connectivity index (χ4n) is 2.50. The maximum absolute atomic E-state index is 5.14. The van der Waals surface area contributed by atoms with Gasteiger partial charge in [-0.3, -0.25) is 4.99 Å². The van der Waals surface area contributed by atoms with E-state index >= 15 is 0 Å². The second kappa shape index (κ2) is 11.5. The monoisotopic (exact) mass is 426 g/mol. The third-order valence-electron chi connectivity index (χ3n) is 3.66. The number of halogens is 1. The van der Waals surface area contributed by atoms with Crippen LogP contribution in [0.2, 0.25) is 0 Å². The first kappa shape index (κ1) is 21.9. The molecule has 1 fully saturated rings. The van der Waals surface area contributed by atoms with Crippen molar-refractivity contribution in [3.63, 3.8) is 0 Å². The molecule has 2 N–H and O–H groups in total. The van der Waals surface area contributed by atoms with Gasteiger partial charge in [-0.15, -0.1) is 24.0 Å². The van der Waals surface area contributed by atoms with Gasteiger partial charge in [0, 0.05) is 32.3 Å². The van der Waals surface area contributed by atoms with Crippen LogP contribution >= 0.6 is 24.0 Å². The molecular weight excluding hydrogens is 391 g/mol. The van der Waals surface area contributed by atoms with Crippen LogP contribution in [0, 0.1) is 5.92 Å². The second-order valence-electron chi connectivity index (χ2n) is 6.87. The van der Waals surface area contributed by atoms with Crippen molar-refractivity contribution in [3.05, 3.63) is 0 Å². The number of rotatable bonds is 6. The van der Waals surface area contributed by atoms with Crippen molar-refractivity contribution in [2.24, 2.45) is 10.9 Å². The van der Waals surface area contributed by atoms with Crippen molar-refractivity contribution in [2.45, 2.75) is 46.1 Å². The maximum atomic E-state index is 5.14. The van der Waals surface area contributed by atoms with Crippen molar-refractivity contribution < 1.29 is 4.74 Å². The van der Waals surface area contributed by atoms with Crippen LogP contribution in [0.4, 0.5) is 0 Å². The zero-order valence-electron chi connectivity index (χ0n) is 14.9. The van der Waals surface area contributed by atoms with Crippen LogP contribution in [0.3, 0.4) is 0 Å². The molecule has 1 rings (SSSR count). The lowest BCUT2D eigenvalue weighted by Gasteiger charge is -2.31. The SMILES string of the molecule is CCNC(=NCC1CCN(CCOC)CC1)NC(C)(C)C.I. The molecule has 1 aliphatic heterocycles. The predicted octanol–water partition coefficient (Wildman–Crippen LogP) is 2.32. The number of nitrogens with zero attached hydrogens (tertiary/aromatic N) is 2. The highest BCUT2D eigenvalue weighted by atomic mass is 127. The minimum absolute atomic E-state index is 0. The van der Waals surface area contributed by atoms with Crippen molar-refractivity contribution >= 4 is 29.9 Å². The molecule has 132 valence electrons. The summed E-state index contributed by atoms with van der Waals surface area (Å²) in [5.41, 5.74) is 0.0462. The standard InChI is InChI=1S/C16H34N4O.HI/c1-6-17-15(19-16(2,3)4)18-13-14-7-9-20(10-8-14)11-12-21-5;/h14H,6-13H2,1-5H3,(H2,17,18,19);1H. The first-order valence-electron chi connectivity index (χ1n) is 8.22. The van der Waals surface area contributed by atoms with E-state index in [1.807, 2.05) is 0 Å². The van der Waals surface area contributed by atoms with Gasteiger partial charge < -0.3 is 20.3 Å². The van der Waals surface area contributed by atoms with Crippen LogP contribution in [0.1, 0.15) is 40.5 Å². The van der Waals surface area contributed by atoms with Gasteiger partial charge in [-0.1, -0.05) is 0 Å². The number of nitrogens with one attached hydrogen (secondary N) is 2. The highest BCUT2D eigenvalue weighted by Gasteiger charge is 2.19. The molecule has 1 aliphatic rings. The highest BCUT2D eigenvalue weighted by Crippen LogP contribution is 2.17. The summed E-state index contributed by atoms with van der Waals surface area (Å²) in [6, 6.07) is 0. The summed E-state index contributed by atoms with van der Waals surface area (Å²) in [4.78, 5) is 7.25. The summed E-state index contributed by atoms with van der Waals surface area (Å²) >= 11 is 0. The van der Waals surface area contributed by atoms with Crippen LogP contribution in [-0.4, -0.2) is 62.8 Å². The Morgan fingerprint density at radius 3 is 2.41 bits per heavy atom. The lowest BCUT2D eigenvalue weighted by Crippen LogP contribution is -2.48. The van der Waals surface area contributed by atoms with Gasteiger partial charge in [0.1, 0.15) is 0 Å². The van der Waals surface area contributed by atoms with E-state index in [0.717, 1.165) is 32.2 Å². The lowest BCUT2D eigenvalue weighted by molar-refractivity contribution is 0.121. The molecule has 0 radical (unpaired) electrons. The topological polar surface area (TPSA) is 48.9 Å². The van der Waals surface area contributed by atoms with Crippen LogP contribution in [-0.2, 0) is 4.74 Å². The van der Waals surface area contributed by atoms with Gasteiger partial charge in [0.05, 0.1) is 6.61 Å². The van der Waals surface area contributed by atoms with Gasteiger partial charge in [-0.05, 0) is 59.5 Å². The van der Waals surface area contributed by atoms with Crippen molar-refractivity contribution in [2.75, 3.05) is 46.4 Å². The van der Waals surface area contributed by atoms with Gasteiger partial charge in [-0.2, -0.15) is 0 Å². The Balaban J connectivity index is 0.00000441. The molecule has 0 bridgehead atoms. The quantitative estimate of drug-likeness (QED) is 0.389. The van der Waals surface area contributed by atoms with E-state index in [9.17, 15) is 0 Å². The molecule has 0 aromatic rings. The van der Waals surface area contributed by atoms with Crippen LogP contribution in [0.15, 0.2) is 4.99 Å². The Hall–Kier alpha value is -0.0800. The van der Waals surface area contributed by atoms with Crippen molar-refractivity contribution in [1.82, 2.24) is 15.5 Å². The third kappa shape index (κ3) is 9.84. The summed E-state index contributed by atoms with van der Waals surface area (Å²) in [5, 5.41) is 6.77. The summed E-state index contributed by atoms with van der Waals surface area (Å²) in [7, 11) is 1.77. The first-order valence-corrected chi connectivity index (χ1v) is 8.22. The third-order valence-corrected chi connectivity index (χ3v) is 3.66. The number of hydrogen-bond acceptors (Lipinski definition) is 3. The normalized spacial score (nSPS) is 18.0. The molecule has 6 heteroatoms. The van der Waals surface area contributed by atoms with E-state index in [2.05, 4.69) is 43.2 Å². The number of methoxy groups -OCH3 is 1. The second-order valence-corrected chi connectivity index (χ2v) is 6.87. The molecule has 0 aromatic heterocycles. The van der Waals surface area contributed by atoms with E-state index in [0.29, 0.717) is 5.92 Å². The zero-order valence-corrected chi connectivity index (χ0v) is 17.3. The first-order chi connectivity index (χ1) is 9.94. The molecule has 22 heavy (non-hydrogen) atoms. The Bertz CT molecular complexity index is 310. The maximum Gasteiger partial charge on any atom is 0.191 e. The van der Waals surface area contributed by atoms with Gasteiger partial charge in [0.15, 0.2) is 5.96 Å². The Morgan fingerprint density at radius 2 is 1.91 bits per heavy atom. The number of aliphatic imine (C=N–C) groups is 1. The summed E-state index contributed by atoms with van der Waals surface area (Å²) in [6.07, 6.45) is 2.48. The average molecular weight is 426 g/mol. The average Bonchev–Trinajstić information content (AvgIpc) is 2.42. The van der Waals surface area contributed by atoms with E-state index in [4.69, 9.17) is 9.73 Å².